The molecule has 0 aliphatic carbocycles. The zero-order chi connectivity index (χ0) is 13.4. The van der Waals surface area contributed by atoms with Crippen LogP contribution in [0.4, 0.5) is 29.5 Å². The number of halogens is 6. The first kappa shape index (κ1) is 14.0. The van der Waals surface area contributed by atoms with Crippen LogP contribution in [0.5, 0.6) is 0 Å². The number of benzene rings is 1. The fourth-order valence-corrected chi connectivity index (χ4v) is 1.70. The maximum atomic E-state index is 12.8. The van der Waals surface area contributed by atoms with Gasteiger partial charge in [-0.2, -0.15) is 0 Å². The molecule has 96 valence electrons. The average Bonchev–Trinajstić information content (AvgIpc) is 2.10. The number of nitrogens with zero attached hydrogens (tertiary/aromatic N) is 1. The van der Waals surface area contributed by atoms with Crippen molar-refractivity contribution in [3.63, 3.8) is 0 Å². The lowest BCUT2D eigenvalue weighted by molar-refractivity contribution is 0.363. The molecule has 0 heterocycles. The van der Waals surface area contributed by atoms with Gasteiger partial charge >= 0.3 is 10.2 Å². The number of aliphatic imine (C=N–C) groups is 1. The molecular weight excluding hydrogens is 288 g/mol. The van der Waals surface area contributed by atoms with Gasteiger partial charge in [-0.3, -0.25) is 4.99 Å². The molecular formula is C8H5F6NS2. The van der Waals surface area contributed by atoms with Crippen LogP contribution in [0.15, 0.2) is 28.1 Å². The molecule has 0 saturated carbocycles. The summed E-state index contributed by atoms with van der Waals surface area (Å²) in [5.41, 5.74) is -0.589. The van der Waals surface area contributed by atoms with E-state index >= 15 is 0 Å². The average molecular weight is 293 g/mol. The summed E-state index contributed by atoms with van der Waals surface area (Å²) in [5, 5.41) is 0.949. The minimum Gasteiger partial charge on any atom is -0.256 e. The first-order valence-electron chi connectivity index (χ1n) is 3.95. The Morgan fingerprint density at radius 1 is 1.06 bits per heavy atom. The molecule has 0 aromatic heterocycles. The smallest absolute Gasteiger partial charge is 0.256 e. The van der Waals surface area contributed by atoms with Crippen LogP contribution >= 0.6 is 22.4 Å². The summed E-state index contributed by atoms with van der Waals surface area (Å²) in [4.78, 5) is 0.965. The van der Waals surface area contributed by atoms with Crippen LogP contribution in [0.1, 0.15) is 0 Å². The maximum Gasteiger partial charge on any atom is 0.310 e. The molecule has 1 rings (SSSR count). The first-order chi connectivity index (χ1) is 7.42. The normalized spacial score (nSPS) is 16.6. The van der Waals surface area contributed by atoms with Gasteiger partial charge < -0.3 is 0 Å². The zero-order valence-electron chi connectivity index (χ0n) is 7.92. The molecule has 0 unspecified atom stereocenters. The van der Waals surface area contributed by atoms with E-state index in [0.29, 0.717) is 6.07 Å². The van der Waals surface area contributed by atoms with E-state index in [-0.39, 0.29) is 12.1 Å². The minimum absolute atomic E-state index is 0.0694. The zero-order valence-corrected chi connectivity index (χ0v) is 9.55. The van der Waals surface area contributed by atoms with Gasteiger partial charge in [0.2, 0.25) is 0 Å². The van der Waals surface area contributed by atoms with Crippen molar-refractivity contribution in [3.8, 4) is 0 Å². The summed E-state index contributed by atoms with van der Waals surface area (Å²) in [6.07, 6.45) is 0.888. The van der Waals surface area contributed by atoms with E-state index in [1.165, 1.54) is 0 Å². The molecule has 1 nitrogen and oxygen atoms in total. The summed E-state index contributed by atoms with van der Waals surface area (Å²) in [6, 6.07) is 0.389. The predicted molar refractivity (Wildman–Crippen MR) is 59.6 cm³/mol. The fraction of sp³-hybridized carbons (Fsp3) is 0. The lowest BCUT2D eigenvalue weighted by Crippen LogP contribution is -2.06. The van der Waals surface area contributed by atoms with Crippen LogP contribution in [0.2, 0.25) is 0 Å². The highest BCUT2D eigenvalue weighted by Crippen LogP contribution is 3.02. The Bertz CT molecular complexity index is 492. The lowest BCUT2D eigenvalue weighted by atomic mass is 10.3. The van der Waals surface area contributed by atoms with Gasteiger partial charge in [0.15, 0.2) is 0 Å². The van der Waals surface area contributed by atoms with E-state index in [0.717, 1.165) is 11.6 Å². The molecule has 1 aromatic rings. The van der Waals surface area contributed by atoms with Crippen LogP contribution in [0, 0.1) is 5.82 Å². The molecule has 0 radical (unpaired) electrons. The molecule has 1 aromatic carbocycles. The second-order valence-corrected chi connectivity index (χ2v) is 5.71. The Morgan fingerprint density at radius 2 is 1.65 bits per heavy atom. The highest BCUT2D eigenvalue weighted by molar-refractivity contribution is 8.45. The molecule has 0 fully saturated rings. The summed E-state index contributed by atoms with van der Waals surface area (Å²) >= 11 is 4.30. The fourth-order valence-electron chi connectivity index (χ4n) is 0.962. The number of rotatable bonds is 3. The van der Waals surface area contributed by atoms with Crippen molar-refractivity contribution in [1.29, 1.82) is 0 Å². The largest absolute Gasteiger partial charge is 0.310 e. The van der Waals surface area contributed by atoms with E-state index in [2.05, 4.69) is 17.2 Å². The van der Waals surface area contributed by atoms with Gasteiger partial charge in [0.25, 0.3) is 0 Å². The Balaban J connectivity index is 3.44. The van der Waals surface area contributed by atoms with Crippen molar-refractivity contribution in [2.24, 2.45) is 4.99 Å². The van der Waals surface area contributed by atoms with Crippen molar-refractivity contribution in [2.45, 2.75) is 4.90 Å². The molecule has 17 heavy (non-hydrogen) atoms. The van der Waals surface area contributed by atoms with Crippen LogP contribution in [0.25, 0.3) is 0 Å². The number of hydrogen-bond donors (Lipinski definition) is 0. The SMILES string of the molecule is Fc1cc(N=CC=S)cc(S(F)(F)(F)(F)F)c1. The molecule has 0 bridgehead atoms. The van der Waals surface area contributed by atoms with E-state index in [1.807, 2.05) is 0 Å². The topological polar surface area (TPSA) is 12.4 Å². The second-order valence-electron chi connectivity index (χ2n) is 3.03. The number of hydrogen-bond acceptors (Lipinski definition) is 2. The van der Waals surface area contributed by atoms with Crippen molar-refractivity contribution in [3.05, 3.63) is 24.0 Å². The van der Waals surface area contributed by atoms with Gasteiger partial charge in [0.1, 0.15) is 10.7 Å². The highest BCUT2D eigenvalue weighted by Gasteiger charge is 2.65. The molecule has 9 heteroatoms. The van der Waals surface area contributed by atoms with Crippen LogP contribution in [0.3, 0.4) is 0 Å². The van der Waals surface area contributed by atoms with E-state index in [1.54, 1.807) is 0 Å². The Hall–Kier alpha value is -1.09. The van der Waals surface area contributed by atoms with Gasteiger partial charge in [0, 0.05) is 11.6 Å². The molecule has 0 N–H and O–H groups in total. The Kier molecular flexibility index (Phi) is 2.84. The Morgan fingerprint density at radius 3 is 2.12 bits per heavy atom. The first-order valence-corrected chi connectivity index (χ1v) is 6.37. The Labute approximate surface area is 97.9 Å². The van der Waals surface area contributed by atoms with Crippen LogP contribution < -0.4 is 0 Å². The van der Waals surface area contributed by atoms with Gasteiger partial charge in [-0.25, -0.2) is 4.39 Å². The summed E-state index contributed by atoms with van der Waals surface area (Å²) in [5.74, 6) is -1.45. The van der Waals surface area contributed by atoms with Crippen LogP contribution in [-0.4, -0.2) is 11.6 Å². The molecule has 0 saturated heterocycles. The molecule has 0 aliphatic heterocycles. The molecule has 0 atom stereocenters. The molecule has 0 amide bonds. The number of thiocarbonyl (C=S) groups is 1. The standard InChI is InChI=1S/C8H5F6NS2/c9-6-3-7(15-1-2-16)5-8(4-6)17(10,11,12,13)14/h1-5H. The van der Waals surface area contributed by atoms with Crippen LogP contribution in [-0.2, 0) is 0 Å². The van der Waals surface area contributed by atoms with Crippen molar-refractivity contribution < 1.29 is 23.8 Å². The van der Waals surface area contributed by atoms with E-state index in [9.17, 15) is 23.8 Å². The third-order valence-corrected chi connectivity index (χ3v) is 2.83. The molecule has 0 aliphatic rings. The van der Waals surface area contributed by atoms with Crippen molar-refractivity contribution in [1.82, 2.24) is 0 Å². The van der Waals surface area contributed by atoms with E-state index in [4.69, 9.17) is 0 Å². The van der Waals surface area contributed by atoms with Gasteiger partial charge in [0.05, 0.1) is 5.69 Å². The van der Waals surface area contributed by atoms with Gasteiger partial charge in [-0.15, -0.1) is 0 Å². The summed E-state index contributed by atoms with van der Waals surface area (Å²) in [6.45, 7) is 0. The van der Waals surface area contributed by atoms with Crippen molar-refractivity contribution in [2.75, 3.05) is 0 Å². The molecule has 0 spiro atoms. The third-order valence-electron chi connectivity index (χ3n) is 1.59. The van der Waals surface area contributed by atoms with E-state index < -0.39 is 26.6 Å². The quantitative estimate of drug-likeness (QED) is 0.424. The monoisotopic (exact) mass is 293 g/mol. The lowest BCUT2D eigenvalue weighted by Gasteiger charge is -2.40. The maximum absolute atomic E-state index is 12.8. The summed E-state index contributed by atoms with van der Waals surface area (Å²) in [7, 11) is -9.89. The third kappa shape index (κ3) is 4.00. The van der Waals surface area contributed by atoms with Gasteiger partial charge in [-0.05, 0) is 18.2 Å². The van der Waals surface area contributed by atoms with Crippen molar-refractivity contribution >= 4 is 39.7 Å². The van der Waals surface area contributed by atoms with Gasteiger partial charge in [-0.1, -0.05) is 31.6 Å². The highest BCUT2D eigenvalue weighted by atomic mass is 32.5. The second kappa shape index (κ2) is 3.45. The minimum atomic E-state index is -9.89. The predicted octanol–water partition coefficient (Wildman–Crippen LogP) is 5.19. The summed E-state index contributed by atoms with van der Waals surface area (Å²) < 4.78 is 74.7.